The summed E-state index contributed by atoms with van der Waals surface area (Å²) >= 11 is 1.58. The number of nitrogens with zero attached hydrogens (tertiary/aromatic N) is 2. The van der Waals surface area contributed by atoms with Gasteiger partial charge in [0.05, 0.1) is 22.2 Å². The number of hydrogen-bond acceptors (Lipinski definition) is 7. The number of nitrogens with one attached hydrogen (secondary N) is 3. The van der Waals surface area contributed by atoms with Gasteiger partial charge in [0, 0.05) is 32.5 Å². The van der Waals surface area contributed by atoms with E-state index in [1.54, 1.807) is 11.3 Å². The van der Waals surface area contributed by atoms with E-state index in [0.29, 0.717) is 13.0 Å². The molecular weight excluding hydrogens is 570 g/mol. The van der Waals surface area contributed by atoms with Gasteiger partial charge >= 0.3 is 6.09 Å². The molecule has 1 fully saturated rings. The standard InChI is InChI=1S/C31H45N5O6S/c1-20-26(43-19-34-20)22-13-11-21(12-14-22)17-33-28(39)24-16-23(37)18-36(24)29(40)27(31(2,3)4)35-25(38)10-8-6-5-7-9-15-32-30(41)42/h11-14,19,23-24,27,32,37H,5-10,15-18H2,1-4H3,(H,33,39)(H,35,38)(H,41,42)/t23-,24+,27?/m1/s1. The minimum atomic E-state index is -1.03. The molecule has 0 saturated carbocycles. The number of carboxylic acid groups (broad SMARTS) is 1. The third-order valence-electron chi connectivity index (χ3n) is 7.57. The van der Waals surface area contributed by atoms with E-state index in [0.717, 1.165) is 47.4 Å². The highest BCUT2D eigenvalue weighted by Gasteiger charge is 2.44. The Bertz CT molecular complexity index is 1240. The largest absolute Gasteiger partial charge is 0.465 e. The Morgan fingerprint density at radius 1 is 1.05 bits per heavy atom. The van der Waals surface area contributed by atoms with Crippen molar-refractivity contribution < 1.29 is 29.4 Å². The fourth-order valence-corrected chi connectivity index (χ4v) is 5.96. The Balaban J connectivity index is 1.53. The van der Waals surface area contributed by atoms with E-state index in [2.05, 4.69) is 20.9 Å². The number of aryl methyl sites for hydroxylation is 1. The van der Waals surface area contributed by atoms with Crippen molar-refractivity contribution in [2.24, 2.45) is 5.41 Å². The summed E-state index contributed by atoms with van der Waals surface area (Å²) in [6, 6.07) is 6.19. The summed E-state index contributed by atoms with van der Waals surface area (Å²) in [6.45, 7) is 8.27. The third-order valence-corrected chi connectivity index (χ3v) is 8.55. The van der Waals surface area contributed by atoms with Gasteiger partial charge < -0.3 is 31.1 Å². The van der Waals surface area contributed by atoms with Crippen LogP contribution in [0.2, 0.25) is 0 Å². The van der Waals surface area contributed by atoms with Gasteiger partial charge in [0.2, 0.25) is 17.7 Å². The topological polar surface area (TPSA) is 161 Å². The number of likely N-dealkylation sites (tertiary alicyclic amines) is 1. The van der Waals surface area contributed by atoms with Crippen molar-refractivity contribution >= 4 is 35.2 Å². The SMILES string of the molecule is Cc1ncsc1-c1ccc(CNC(=O)[C@@H]2C[C@@H](O)CN2C(=O)C(NC(=O)CCCCCCCNC(=O)O)C(C)(C)C)cc1. The second-order valence-electron chi connectivity index (χ2n) is 12.2. The number of unbranched alkanes of at least 4 members (excludes halogenated alkanes) is 4. The molecule has 4 amide bonds. The minimum Gasteiger partial charge on any atom is -0.465 e. The monoisotopic (exact) mass is 615 g/mol. The van der Waals surface area contributed by atoms with Crippen molar-refractivity contribution in [2.75, 3.05) is 13.1 Å². The van der Waals surface area contributed by atoms with E-state index in [9.17, 15) is 24.3 Å². The first kappa shape index (κ1) is 34.0. The summed E-state index contributed by atoms with van der Waals surface area (Å²) in [5.41, 5.74) is 4.14. The van der Waals surface area contributed by atoms with Crippen LogP contribution in [0.15, 0.2) is 29.8 Å². The lowest BCUT2D eigenvalue weighted by atomic mass is 9.85. The first-order valence-corrected chi connectivity index (χ1v) is 15.8. The molecule has 1 aromatic heterocycles. The third kappa shape index (κ3) is 10.3. The van der Waals surface area contributed by atoms with Crippen molar-refractivity contribution in [3.05, 3.63) is 41.0 Å². The van der Waals surface area contributed by atoms with Gasteiger partial charge in [-0.05, 0) is 36.3 Å². The quantitative estimate of drug-likeness (QED) is 0.202. The molecule has 1 aromatic carbocycles. The number of thiazole rings is 1. The molecule has 5 N–H and O–H groups in total. The zero-order valence-corrected chi connectivity index (χ0v) is 26.3. The van der Waals surface area contributed by atoms with Gasteiger partial charge in [0.15, 0.2) is 0 Å². The van der Waals surface area contributed by atoms with Crippen LogP contribution < -0.4 is 16.0 Å². The molecular formula is C31H45N5O6S. The van der Waals surface area contributed by atoms with E-state index in [1.807, 2.05) is 57.5 Å². The molecule has 0 radical (unpaired) electrons. The molecule has 2 heterocycles. The smallest absolute Gasteiger partial charge is 0.404 e. The molecule has 1 unspecified atom stereocenters. The molecule has 2 aromatic rings. The lowest BCUT2D eigenvalue weighted by molar-refractivity contribution is -0.144. The second-order valence-corrected chi connectivity index (χ2v) is 13.0. The van der Waals surface area contributed by atoms with Crippen LogP contribution in [-0.2, 0) is 20.9 Å². The Hall–Kier alpha value is -3.51. The number of hydrogen-bond donors (Lipinski definition) is 5. The Labute approximate surface area is 257 Å². The summed E-state index contributed by atoms with van der Waals surface area (Å²) < 4.78 is 0. The van der Waals surface area contributed by atoms with Crippen LogP contribution in [0, 0.1) is 12.3 Å². The summed E-state index contributed by atoms with van der Waals surface area (Å²) in [4.78, 5) is 57.0. The van der Waals surface area contributed by atoms with Gasteiger partial charge in [0.25, 0.3) is 0 Å². The Kier molecular flexibility index (Phi) is 12.5. The van der Waals surface area contributed by atoms with Crippen LogP contribution >= 0.6 is 11.3 Å². The van der Waals surface area contributed by atoms with E-state index < -0.39 is 29.7 Å². The lowest BCUT2D eigenvalue weighted by Crippen LogP contribution is -2.57. The molecule has 3 rings (SSSR count). The Morgan fingerprint density at radius 2 is 1.72 bits per heavy atom. The van der Waals surface area contributed by atoms with Gasteiger partial charge in [-0.25, -0.2) is 9.78 Å². The zero-order chi connectivity index (χ0) is 31.6. The van der Waals surface area contributed by atoms with E-state index >= 15 is 0 Å². The molecule has 11 nitrogen and oxygen atoms in total. The average molecular weight is 616 g/mol. The van der Waals surface area contributed by atoms with E-state index in [-0.39, 0.29) is 43.7 Å². The van der Waals surface area contributed by atoms with E-state index in [4.69, 9.17) is 5.11 Å². The number of β-amino-alcohol motifs (C(OH)–C–C–N with tert-alkyl or cyclic N) is 1. The number of aliphatic hydroxyl groups excluding tert-OH is 1. The van der Waals surface area contributed by atoms with Gasteiger partial charge in [-0.2, -0.15) is 0 Å². The van der Waals surface area contributed by atoms with Crippen LogP contribution in [0.5, 0.6) is 0 Å². The number of aliphatic hydroxyl groups is 1. The number of amides is 4. The molecule has 236 valence electrons. The molecule has 0 spiro atoms. The number of carbonyl (C=O) groups excluding carboxylic acids is 3. The molecule has 0 aliphatic carbocycles. The highest BCUT2D eigenvalue weighted by Crippen LogP contribution is 2.28. The first-order valence-electron chi connectivity index (χ1n) is 14.9. The van der Waals surface area contributed by atoms with Gasteiger partial charge in [-0.15, -0.1) is 11.3 Å². The average Bonchev–Trinajstić information content (AvgIpc) is 3.56. The minimum absolute atomic E-state index is 0.0268. The maximum Gasteiger partial charge on any atom is 0.404 e. The van der Waals surface area contributed by atoms with Crippen molar-refractivity contribution in [1.82, 2.24) is 25.8 Å². The fourth-order valence-electron chi connectivity index (χ4n) is 5.15. The summed E-state index contributed by atoms with van der Waals surface area (Å²) in [6.07, 6.45) is 2.51. The van der Waals surface area contributed by atoms with Crippen LogP contribution in [0.4, 0.5) is 4.79 Å². The van der Waals surface area contributed by atoms with Gasteiger partial charge in [-0.3, -0.25) is 14.4 Å². The number of benzene rings is 1. The number of aromatic nitrogens is 1. The molecule has 3 atom stereocenters. The fraction of sp³-hybridized carbons (Fsp3) is 0.581. The zero-order valence-electron chi connectivity index (χ0n) is 25.5. The van der Waals surface area contributed by atoms with Crippen molar-refractivity contribution in [3.63, 3.8) is 0 Å². The van der Waals surface area contributed by atoms with Crippen molar-refractivity contribution in [3.8, 4) is 10.4 Å². The van der Waals surface area contributed by atoms with Gasteiger partial charge in [0.1, 0.15) is 12.1 Å². The van der Waals surface area contributed by atoms with Gasteiger partial charge in [-0.1, -0.05) is 64.3 Å². The maximum absolute atomic E-state index is 13.7. The molecule has 0 bridgehead atoms. The summed E-state index contributed by atoms with van der Waals surface area (Å²) in [7, 11) is 0. The summed E-state index contributed by atoms with van der Waals surface area (Å²) in [5, 5.41) is 27.1. The van der Waals surface area contributed by atoms with Crippen LogP contribution in [0.1, 0.15) is 77.0 Å². The van der Waals surface area contributed by atoms with Crippen molar-refractivity contribution in [1.29, 1.82) is 0 Å². The van der Waals surface area contributed by atoms with Crippen LogP contribution in [0.3, 0.4) is 0 Å². The predicted octanol–water partition coefficient (Wildman–Crippen LogP) is 3.84. The highest BCUT2D eigenvalue weighted by molar-refractivity contribution is 7.13. The molecule has 1 aliphatic rings. The number of rotatable bonds is 14. The highest BCUT2D eigenvalue weighted by atomic mass is 32.1. The second kappa shape index (κ2) is 15.8. The molecule has 43 heavy (non-hydrogen) atoms. The van der Waals surface area contributed by atoms with E-state index in [1.165, 1.54) is 4.90 Å². The Morgan fingerprint density at radius 3 is 2.35 bits per heavy atom. The lowest BCUT2D eigenvalue weighted by Gasteiger charge is -2.35. The first-order chi connectivity index (χ1) is 20.4. The predicted molar refractivity (Wildman–Crippen MR) is 165 cm³/mol. The van der Waals surface area contributed by atoms with Crippen LogP contribution in [0.25, 0.3) is 10.4 Å². The summed E-state index contributed by atoms with van der Waals surface area (Å²) in [5.74, 6) is -0.962. The molecule has 12 heteroatoms. The normalized spacial score (nSPS) is 17.4. The van der Waals surface area contributed by atoms with Crippen molar-refractivity contribution in [2.45, 2.75) is 97.4 Å². The number of carbonyl (C=O) groups is 4. The maximum atomic E-state index is 13.7. The van der Waals surface area contributed by atoms with Crippen LogP contribution in [-0.4, -0.2) is 75.2 Å². The molecule has 1 saturated heterocycles. The molecule has 1 aliphatic heterocycles.